The largest absolute Gasteiger partial charge is 2.00 e. The Labute approximate surface area is 109 Å². The first-order valence-electron chi connectivity index (χ1n) is 3.20. The van der Waals surface area contributed by atoms with Gasteiger partial charge in [-0.25, -0.2) is 0 Å². The third-order valence-corrected chi connectivity index (χ3v) is 2.12. The summed E-state index contributed by atoms with van der Waals surface area (Å²) < 4.78 is 1.13. The predicted octanol–water partition coefficient (Wildman–Crippen LogP) is -0.129. The molecular weight excluding hydrogens is 292 g/mol. The van der Waals surface area contributed by atoms with E-state index in [2.05, 4.69) is 48.8 Å². The average Bonchev–Trinajstić information content (AvgIpc) is 1.82. The number of hydrogen-bond acceptors (Lipinski definition) is 0. The minimum absolute atomic E-state index is 0. The van der Waals surface area contributed by atoms with Crippen LogP contribution in [0.3, 0.4) is 0 Å². The third-order valence-electron chi connectivity index (χ3n) is 1.66. The summed E-state index contributed by atoms with van der Waals surface area (Å²) in [6.45, 7) is 8.08. The second-order valence-corrected chi connectivity index (χ2v) is 3.43. The van der Waals surface area contributed by atoms with E-state index in [1.165, 1.54) is 11.1 Å². The van der Waals surface area contributed by atoms with E-state index in [0.717, 1.165) is 10.0 Å². The maximum Gasteiger partial charge on any atom is 2.00 e. The fraction of sp³-hybridized carbons (Fsp3) is 0.222. The topological polar surface area (TPSA) is 0 Å². The van der Waals surface area contributed by atoms with Crippen LogP contribution in [0.15, 0.2) is 16.6 Å². The number of benzene rings is 1. The zero-order chi connectivity index (χ0) is 7.72. The second-order valence-electron chi connectivity index (χ2n) is 2.52. The summed E-state index contributed by atoms with van der Waals surface area (Å²) in [5, 5.41) is 0. The molecule has 1 rings (SSSR count). The minimum Gasteiger partial charge on any atom is -1.00 e. The maximum atomic E-state index is 3.94. The van der Waals surface area contributed by atoms with E-state index in [1.807, 2.05) is 0 Å². The Kier molecular flexibility index (Phi) is 8.03. The molecule has 0 saturated carbocycles. The zero-order valence-electron chi connectivity index (χ0n) is 7.32. The first-order chi connectivity index (χ1) is 4.61. The molecule has 0 aliphatic heterocycles. The summed E-state index contributed by atoms with van der Waals surface area (Å²) in [6.07, 6.45) is 0. The van der Waals surface area contributed by atoms with Crippen molar-refractivity contribution in [3.8, 4) is 0 Å². The molecule has 3 heteroatoms. The van der Waals surface area contributed by atoms with Crippen LogP contribution in [-0.2, 0) is 0 Å². The van der Waals surface area contributed by atoms with E-state index in [9.17, 15) is 0 Å². The molecule has 0 fully saturated rings. The van der Waals surface area contributed by atoms with E-state index in [1.54, 1.807) is 0 Å². The molecule has 0 aromatic heterocycles. The smallest absolute Gasteiger partial charge is 1.00 e. The van der Waals surface area contributed by atoms with E-state index in [0.29, 0.717) is 0 Å². The first kappa shape index (κ1) is 15.3. The van der Waals surface area contributed by atoms with E-state index >= 15 is 0 Å². The number of rotatable bonds is 0. The fourth-order valence-corrected chi connectivity index (χ4v) is 1.63. The number of hydrogen-bond donors (Lipinski definition) is 0. The van der Waals surface area contributed by atoms with Crippen molar-refractivity contribution < 1.29 is 17.0 Å². The molecule has 0 aliphatic rings. The monoisotopic (exact) mass is 300 g/mol. The van der Waals surface area contributed by atoms with Crippen LogP contribution in [0.25, 0.3) is 0 Å². The molecule has 62 valence electrons. The van der Waals surface area contributed by atoms with Crippen LogP contribution in [0.5, 0.6) is 0 Å². The van der Waals surface area contributed by atoms with Crippen molar-refractivity contribution in [2.45, 2.75) is 13.8 Å². The van der Waals surface area contributed by atoms with Crippen LogP contribution in [0.4, 0.5) is 0 Å². The van der Waals surface area contributed by atoms with E-state index in [-0.39, 0.29) is 40.0 Å². The summed E-state index contributed by atoms with van der Waals surface area (Å²) in [6, 6.07) is 4.16. The normalized spacial score (nSPS) is 8.25. The van der Waals surface area contributed by atoms with E-state index in [4.69, 9.17) is 0 Å². The van der Waals surface area contributed by atoms with Crippen molar-refractivity contribution in [1.29, 1.82) is 0 Å². The molecule has 0 saturated heterocycles. The molecule has 0 unspecified atom stereocenters. The van der Waals surface area contributed by atoms with Crippen molar-refractivity contribution in [2.75, 3.05) is 0 Å². The van der Waals surface area contributed by atoms with Gasteiger partial charge in [0.05, 0.1) is 0 Å². The van der Waals surface area contributed by atoms with Crippen LogP contribution >= 0.6 is 15.9 Å². The molecule has 12 heavy (non-hydrogen) atoms. The Morgan fingerprint density at radius 1 is 1.17 bits per heavy atom. The van der Waals surface area contributed by atoms with Crippen molar-refractivity contribution in [2.24, 2.45) is 0 Å². The Hall–Kier alpha value is 0.816. The van der Waals surface area contributed by atoms with Gasteiger partial charge in [0, 0.05) is 0 Å². The zero-order valence-corrected chi connectivity index (χ0v) is 11.9. The van der Waals surface area contributed by atoms with Gasteiger partial charge in [0.15, 0.2) is 0 Å². The van der Waals surface area contributed by atoms with Crippen molar-refractivity contribution in [1.82, 2.24) is 0 Å². The quantitative estimate of drug-likeness (QED) is 0.463. The minimum atomic E-state index is 0. The van der Waals surface area contributed by atoms with Gasteiger partial charge in [0.25, 0.3) is 0 Å². The number of aryl methyl sites for hydroxylation is 2. The van der Waals surface area contributed by atoms with Gasteiger partial charge in [-0.05, 0) is 4.47 Å². The Balaban J connectivity index is 0. The molecule has 0 spiro atoms. The van der Waals surface area contributed by atoms with Crippen LogP contribution in [-0.4, -0.2) is 23.1 Å². The van der Waals surface area contributed by atoms with Crippen molar-refractivity contribution in [3.63, 3.8) is 0 Å². The molecular formula is C9H10Br2Mg. The third kappa shape index (κ3) is 3.69. The van der Waals surface area contributed by atoms with Gasteiger partial charge in [-0.3, -0.25) is 0 Å². The summed E-state index contributed by atoms with van der Waals surface area (Å²) in [5.74, 6) is 0. The Morgan fingerprint density at radius 2 is 1.50 bits per heavy atom. The first-order valence-corrected chi connectivity index (χ1v) is 3.99. The standard InChI is InChI=1S/C9H10Br.BrH.Mg/c1-6-4-9(10)5-7(2)8(6)3;;/h4-5H,3H2,1-2H3;1H;/q-1;;+2/p-1. The van der Waals surface area contributed by atoms with Gasteiger partial charge < -0.3 is 17.0 Å². The summed E-state index contributed by atoms with van der Waals surface area (Å²) in [7, 11) is 0. The van der Waals surface area contributed by atoms with Crippen LogP contribution < -0.4 is 17.0 Å². The van der Waals surface area contributed by atoms with Gasteiger partial charge >= 0.3 is 23.1 Å². The molecule has 0 N–H and O–H groups in total. The van der Waals surface area contributed by atoms with Gasteiger partial charge in [0.1, 0.15) is 0 Å². The van der Waals surface area contributed by atoms with Gasteiger partial charge in [-0.2, -0.15) is 23.6 Å². The van der Waals surface area contributed by atoms with Crippen LogP contribution in [0, 0.1) is 20.8 Å². The summed E-state index contributed by atoms with van der Waals surface area (Å²) in [5.41, 5.74) is 3.63. The van der Waals surface area contributed by atoms with Crippen molar-refractivity contribution >= 4 is 39.0 Å². The molecule has 0 atom stereocenters. The molecule has 0 amide bonds. The molecule has 1 aromatic carbocycles. The average molecular weight is 302 g/mol. The molecule has 0 bridgehead atoms. The van der Waals surface area contributed by atoms with Crippen LogP contribution in [0.2, 0.25) is 0 Å². The van der Waals surface area contributed by atoms with E-state index < -0.39 is 0 Å². The predicted molar refractivity (Wildman–Crippen MR) is 53.8 cm³/mol. The van der Waals surface area contributed by atoms with Crippen molar-refractivity contribution in [3.05, 3.63) is 40.2 Å². The molecule has 0 nitrogen and oxygen atoms in total. The maximum absolute atomic E-state index is 3.94. The summed E-state index contributed by atoms with van der Waals surface area (Å²) >= 11 is 3.42. The molecule has 1 aromatic rings. The molecule has 0 aliphatic carbocycles. The number of halogens is 2. The second kappa shape index (κ2) is 6.30. The fourth-order valence-electron chi connectivity index (χ4n) is 0.941. The SMILES string of the molecule is [Br-].[CH2-]c1c(C)cc(Br)cc1C.[Mg+2]. The summed E-state index contributed by atoms with van der Waals surface area (Å²) in [4.78, 5) is 0. The molecule has 0 heterocycles. The van der Waals surface area contributed by atoms with Gasteiger partial charge in [-0.1, -0.05) is 29.8 Å². The Bertz CT molecular complexity index is 236. The van der Waals surface area contributed by atoms with Crippen LogP contribution in [0.1, 0.15) is 16.7 Å². The van der Waals surface area contributed by atoms with Gasteiger partial charge in [-0.15, -0.1) is 12.1 Å². The Morgan fingerprint density at radius 3 is 1.83 bits per heavy atom. The molecule has 0 radical (unpaired) electrons. The van der Waals surface area contributed by atoms with Gasteiger partial charge in [0.2, 0.25) is 0 Å².